The molecule has 0 bridgehead atoms. The Balaban J connectivity index is 1.73. The highest BCUT2D eigenvalue weighted by Crippen LogP contribution is 2.31. The van der Waals surface area contributed by atoms with Crippen molar-refractivity contribution in [1.29, 1.82) is 0 Å². The highest BCUT2D eigenvalue weighted by Gasteiger charge is 2.34. The van der Waals surface area contributed by atoms with Crippen molar-refractivity contribution >= 4 is 5.91 Å². The molecule has 1 fully saturated rings. The number of nitrogens with two attached hydrogens (primary N) is 1. The maximum atomic E-state index is 12.6. The third-order valence-corrected chi connectivity index (χ3v) is 4.98. The molecule has 1 amide bonds. The van der Waals surface area contributed by atoms with Gasteiger partial charge in [0.15, 0.2) is 0 Å². The van der Waals surface area contributed by atoms with Gasteiger partial charge in [-0.05, 0) is 54.9 Å². The maximum absolute atomic E-state index is 12.6. The van der Waals surface area contributed by atoms with Gasteiger partial charge in [-0.15, -0.1) is 0 Å². The summed E-state index contributed by atoms with van der Waals surface area (Å²) in [7, 11) is 0. The number of carbonyl (C=O) groups excluding carboxylic acids is 1. The minimum absolute atomic E-state index is 0.00953. The van der Waals surface area contributed by atoms with E-state index in [0.29, 0.717) is 25.3 Å². The number of rotatable bonds is 3. The fourth-order valence-electron chi connectivity index (χ4n) is 3.32. The Morgan fingerprint density at radius 3 is 2.76 bits per heavy atom. The van der Waals surface area contributed by atoms with Crippen LogP contribution < -0.4 is 11.1 Å². The summed E-state index contributed by atoms with van der Waals surface area (Å²) in [5, 5.41) is 3.21. The van der Waals surface area contributed by atoms with E-state index in [1.807, 2.05) is 18.2 Å². The van der Waals surface area contributed by atoms with Crippen LogP contribution in [0.5, 0.6) is 0 Å². The van der Waals surface area contributed by atoms with Crippen LogP contribution in [0.25, 0.3) is 0 Å². The maximum Gasteiger partial charge on any atom is 0.251 e. The predicted molar refractivity (Wildman–Crippen MR) is 81.8 cm³/mol. The van der Waals surface area contributed by atoms with Gasteiger partial charge in [-0.3, -0.25) is 4.79 Å². The van der Waals surface area contributed by atoms with Crippen molar-refractivity contribution in [3.8, 4) is 0 Å². The van der Waals surface area contributed by atoms with Gasteiger partial charge in [-0.1, -0.05) is 13.0 Å². The molecule has 21 heavy (non-hydrogen) atoms. The Morgan fingerprint density at radius 1 is 1.33 bits per heavy atom. The van der Waals surface area contributed by atoms with Crippen LogP contribution in [0.2, 0.25) is 0 Å². The van der Waals surface area contributed by atoms with Crippen LogP contribution in [0.3, 0.4) is 0 Å². The molecule has 0 radical (unpaired) electrons. The summed E-state index contributed by atoms with van der Waals surface area (Å²) in [6, 6.07) is 5.83. The van der Waals surface area contributed by atoms with Gasteiger partial charge in [0.05, 0.1) is 18.8 Å². The average molecular weight is 288 g/mol. The zero-order valence-electron chi connectivity index (χ0n) is 12.7. The molecule has 3 rings (SSSR count). The van der Waals surface area contributed by atoms with E-state index in [9.17, 15) is 4.79 Å². The standard InChI is InChI=1S/C17H24N2O2/c1-12-4-6-17(11-18,7-5-12)19-16(20)13-2-3-14-9-21-10-15(14)8-13/h2-3,8,12H,4-7,9-11,18H2,1H3,(H,19,20). The fourth-order valence-corrected chi connectivity index (χ4v) is 3.32. The molecule has 1 heterocycles. The second-order valence-electron chi connectivity index (χ2n) is 6.60. The molecular formula is C17H24N2O2. The second kappa shape index (κ2) is 5.78. The monoisotopic (exact) mass is 288 g/mol. The van der Waals surface area contributed by atoms with Crippen LogP contribution in [0, 0.1) is 5.92 Å². The molecule has 0 spiro atoms. The summed E-state index contributed by atoms with van der Waals surface area (Å²) < 4.78 is 5.40. The van der Waals surface area contributed by atoms with E-state index in [-0.39, 0.29) is 11.4 Å². The molecule has 0 saturated heterocycles. The van der Waals surface area contributed by atoms with E-state index < -0.39 is 0 Å². The van der Waals surface area contributed by atoms with Crippen molar-refractivity contribution in [2.45, 2.75) is 51.4 Å². The fraction of sp³-hybridized carbons (Fsp3) is 0.588. The number of hydrogen-bond acceptors (Lipinski definition) is 3. The molecule has 1 aliphatic heterocycles. The average Bonchev–Trinajstić information content (AvgIpc) is 2.97. The molecule has 1 aliphatic carbocycles. The highest BCUT2D eigenvalue weighted by molar-refractivity contribution is 5.95. The molecule has 3 N–H and O–H groups in total. The van der Waals surface area contributed by atoms with E-state index >= 15 is 0 Å². The Kier molecular flexibility index (Phi) is 4.00. The van der Waals surface area contributed by atoms with E-state index in [1.165, 1.54) is 5.56 Å². The lowest BCUT2D eigenvalue weighted by Gasteiger charge is -2.39. The lowest BCUT2D eigenvalue weighted by Crippen LogP contribution is -2.55. The molecule has 4 nitrogen and oxygen atoms in total. The SMILES string of the molecule is CC1CCC(CN)(NC(=O)c2ccc3c(c2)COC3)CC1. The summed E-state index contributed by atoms with van der Waals surface area (Å²) >= 11 is 0. The van der Waals surface area contributed by atoms with Crippen molar-refractivity contribution in [2.24, 2.45) is 11.7 Å². The first-order chi connectivity index (χ1) is 10.1. The van der Waals surface area contributed by atoms with Gasteiger partial charge in [0.2, 0.25) is 0 Å². The normalized spacial score (nSPS) is 28.2. The van der Waals surface area contributed by atoms with Crippen molar-refractivity contribution in [2.75, 3.05) is 6.54 Å². The second-order valence-corrected chi connectivity index (χ2v) is 6.60. The van der Waals surface area contributed by atoms with Gasteiger partial charge in [-0.2, -0.15) is 0 Å². The summed E-state index contributed by atoms with van der Waals surface area (Å²) in [6.07, 6.45) is 4.22. The molecule has 1 saturated carbocycles. The molecule has 0 aromatic heterocycles. The quantitative estimate of drug-likeness (QED) is 0.897. The number of fused-ring (bicyclic) bond motifs is 1. The molecule has 4 heteroatoms. The van der Waals surface area contributed by atoms with Gasteiger partial charge in [0, 0.05) is 12.1 Å². The Labute approximate surface area is 126 Å². The zero-order chi connectivity index (χ0) is 14.9. The van der Waals surface area contributed by atoms with Crippen LogP contribution >= 0.6 is 0 Å². The van der Waals surface area contributed by atoms with E-state index in [2.05, 4.69) is 12.2 Å². The summed E-state index contributed by atoms with van der Waals surface area (Å²) in [5.74, 6) is 0.725. The van der Waals surface area contributed by atoms with E-state index in [4.69, 9.17) is 10.5 Å². The van der Waals surface area contributed by atoms with Gasteiger partial charge in [0.1, 0.15) is 0 Å². The predicted octanol–water partition coefficient (Wildman–Crippen LogP) is 2.35. The third-order valence-electron chi connectivity index (χ3n) is 4.98. The van der Waals surface area contributed by atoms with Crippen LogP contribution in [-0.4, -0.2) is 18.0 Å². The van der Waals surface area contributed by atoms with Gasteiger partial charge < -0.3 is 15.8 Å². The van der Waals surface area contributed by atoms with Gasteiger partial charge >= 0.3 is 0 Å². The molecule has 1 aromatic rings. The van der Waals surface area contributed by atoms with Gasteiger partial charge in [-0.25, -0.2) is 0 Å². The van der Waals surface area contributed by atoms with Gasteiger partial charge in [0.25, 0.3) is 5.91 Å². The largest absolute Gasteiger partial charge is 0.372 e. The van der Waals surface area contributed by atoms with Crippen molar-refractivity contribution < 1.29 is 9.53 Å². The van der Waals surface area contributed by atoms with Crippen molar-refractivity contribution in [3.05, 3.63) is 34.9 Å². The first-order valence-electron chi connectivity index (χ1n) is 7.84. The Hall–Kier alpha value is -1.39. The zero-order valence-corrected chi connectivity index (χ0v) is 12.7. The number of hydrogen-bond donors (Lipinski definition) is 2. The first-order valence-corrected chi connectivity index (χ1v) is 7.84. The number of ether oxygens (including phenoxy) is 1. The lowest BCUT2D eigenvalue weighted by molar-refractivity contribution is 0.0860. The van der Waals surface area contributed by atoms with Crippen LogP contribution in [0.1, 0.15) is 54.1 Å². The number of amides is 1. The summed E-state index contributed by atoms with van der Waals surface area (Å²) in [6.45, 7) is 4.04. The topological polar surface area (TPSA) is 64.3 Å². The molecule has 114 valence electrons. The first kappa shape index (κ1) is 14.5. The minimum atomic E-state index is -0.223. The molecule has 2 aliphatic rings. The molecule has 1 aromatic carbocycles. The van der Waals surface area contributed by atoms with Crippen LogP contribution in [-0.2, 0) is 18.0 Å². The summed E-state index contributed by atoms with van der Waals surface area (Å²) in [4.78, 5) is 12.6. The number of carbonyl (C=O) groups is 1. The number of benzene rings is 1. The Morgan fingerprint density at radius 2 is 2.05 bits per heavy atom. The minimum Gasteiger partial charge on any atom is -0.372 e. The van der Waals surface area contributed by atoms with E-state index in [1.54, 1.807) is 0 Å². The lowest BCUT2D eigenvalue weighted by atomic mass is 9.77. The smallest absolute Gasteiger partial charge is 0.251 e. The van der Waals surface area contributed by atoms with Crippen molar-refractivity contribution in [3.63, 3.8) is 0 Å². The highest BCUT2D eigenvalue weighted by atomic mass is 16.5. The molecule has 0 atom stereocenters. The molecular weight excluding hydrogens is 264 g/mol. The summed E-state index contributed by atoms with van der Waals surface area (Å²) in [5.41, 5.74) is 8.77. The number of nitrogens with one attached hydrogen (secondary N) is 1. The van der Waals surface area contributed by atoms with Crippen LogP contribution in [0.15, 0.2) is 18.2 Å². The molecule has 0 unspecified atom stereocenters. The Bertz CT molecular complexity index is 534. The van der Waals surface area contributed by atoms with Crippen LogP contribution in [0.4, 0.5) is 0 Å². The van der Waals surface area contributed by atoms with E-state index in [0.717, 1.165) is 37.2 Å². The third kappa shape index (κ3) is 2.97. The van der Waals surface area contributed by atoms with Crippen molar-refractivity contribution in [1.82, 2.24) is 5.32 Å².